The number of ether oxygens (including phenoxy) is 2. The fourth-order valence-electron chi connectivity index (χ4n) is 0.851. The summed E-state index contributed by atoms with van der Waals surface area (Å²) in [5, 5.41) is 0. The van der Waals surface area contributed by atoms with Gasteiger partial charge in [-0.25, -0.2) is 0 Å². The third-order valence-corrected chi connectivity index (χ3v) is 1.52. The van der Waals surface area contributed by atoms with Crippen LogP contribution in [0, 0.1) is 0 Å². The lowest BCUT2D eigenvalue weighted by Gasteiger charge is -2.06. The highest BCUT2D eigenvalue weighted by Gasteiger charge is 2.19. The molecule has 0 radical (unpaired) electrons. The molecule has 0 amide bonds. The van der Waals surface area contributed by atoms with E-state index in [2.05, 4.69) is 6.58 Å². The van der Waals surface area contributed by atoms with Crippen molar-refractivity contribution in [2.75, 3.05) is 13.2 Å². The van der Waals surface area contributed by atoms with Crippen LogP contribution in [0.15, 0.2) is 12.2 Å². The zero-order valence-corrected chi connectivity index (χ0v) is 6.63. The van der Waals surface area contributed by atoms with E-state index in [1.165, 1.54) is 0 Å². The quantitative estimate of drug-likeness (QED) is 0.569. The number of hydrogen-bond acceptors (Lipinski definition) is 3. The van der Waals surface area contributed by atoms with Gasteiger partial charge in [0.25, 0.3) is 0 Å². The van der Waals surface area contributed by atoms with Crippen LogP contribution in [0.3, 0.4) is 0 Å². The summed E-state index contributed by atoms with van der Waals surface area (Å²) in [5.41, 5.74) is 0.559. The summed E-state index contributed by atoms with van der Waals surface area (Å²) >= 11 is 0. The predicted octanol–water partition coefficient (Wildman–Crippen LogP) is 0.895. The van der Waals surface area contributed by atoms with Crippen LogP contribution in [-0.2, 0) is 14.3 Å². The molecule has 0 aromatic rings. The van der Waals surface area contributed by atoms with Crippen molar-refractivity contribution < 1.29 is 14.3 Å². The van der Waals surface area contributed by atoms with E-state index >= 15 is 0 Å². The first-order valence-electron chi connectivity index (χ1n) is 3.62. The summed E-state index contributed by atoms with van der Waals surface area (Å²) in [5.74, 6) is 0.0110. The molecular weight excluding hydrogens is 144 g/mol. The highest BCUT2D eigenvalue weighted by molar-refractivity contribution is 5.94. The summed E-state index contributed by atoms with van der Waals surface area (Å²) in [7, 11) is 0. The van der Waals surface area contributed by atoms with Crippen molar-refractivity contribution in [2.45, 2.75) is 19.6 Å². The summed E-state index contributed by atoms with van der Waals surface area (Å²) in [6.45, 7) is 6.41. The first kappa shape index (κ1) is 8.43. The summed E-state index contributed by atoms with van der Waals surface area (Å²) in [4.78, 5) is 11.0. The molecule has 0 N–H and O–H groups in total. The Balaban J connectivity index is 2.29. The average Bonchev–Trinajstić information content (AvgIpc) is 2.39. The molecule has 62 valence electrons. The van der Waals surface area contributed by atoms with Gasteiger partial charge in [-0.15, -0.1) is 0 Å². The first-order valence-corrected chi connectivity index (χ1v) is 3.62. The molecule has 0 saturated carbocycles. The van der Waals surface area contributed by atoms with Crippen LogP contribution in [0.5, 0.6) is 0 Å². The third kappa shape index (κ3) is 2.44. The molecule has 0 aromatic heterocycles. The monoisotopic (exact) mass is 156 g/mol. The number of ketones is 1. The molecule has 1 aliphatic heterocycles. The zero-order valence-electron chi connectivity index (χ0n) is 6.63. The van der Waals surface area contributed by atoms with Crippen LogP contribution in [0.25, 0.3) is 0 Å². The molecule has 0 atom stereocenters. The average molecular weight is 156 g/mol. The summed E-state index contributed by atoms with van der Waals surface area (Å²) in [6, 6.07) is 0. The van der Waals surface area contributed by atoms with Gasteiger partial charge < -0.3 is 9.47 Å². The highest BCUT2D eigenvalue weighted by atomic mass is 16.7. The van der Waals surface area contributed by atoms with Crippen LogP contribution in [0.2, 0.25) is 0 Å². The lowest BCUT2D eigenvalue weighted by Crippen LogP contribution is -2.14. The van der Waals surface area contributed by atoms with Crippen LogP contribution < -0.4 is 0 Å². The van der Waals surface area contributed by atoms with Gasteiger partial charge in [-0.3, -0.25) is 4.79 Å². The van der Waals surface area contributed by atoms with Crippen molar-refractivity contribution in [3.05, 3.63) is 12.2 Å². The van der Waals surface area contributed by atoms with E-state index in [1.807, 2.05) is 0 Å². The molecule has 0 aliphatic carbocycles. The maximum atomic E-state index is 11.0. The third-order valence-electron chi connectivity index (χ3n) is 1.52. The number of rotatable bonds is 3. The second-order valence-electron chi connectivity index (χ2n) is 2.58. The SMILES string of the molecule is C=C(C)C(=O)CC1OCCO1. The van der Waals surface area contributed by atoms with E-state index in [0.717, 1.165) is 0 Å². The van der Waals surface area contributed by atoms with Gasteiger partial charge in [-0.2, -0.15) is 0 Å². The summed E-state index contributed by atoms with van der Waals surface area (Å²) in [6.07, 6.45) is -0.0331. The summed E-state index contributed by atoms with van der Waals surface area (Å²) < 4.78 is 10.2. The molecule has 1 fully saturated rings. The minimum Gasteiger partial charge on any atom is -0.350 e. The fourth-order valence-corrected chi connectivity index (χ4v) is 0.851. The Bertz CT molecular complexity index is 168. The first-order chi connectivity index (χ1) is 5.20. The van der Waals surface area contributed by atoms with Gasteiger partial charge in [0.15, 0.2) is 12.1 Å². The lowest BCUT2D eigenvalue weighted by atomic mass is 10.1. The van der Waals surface area contributed by atoms with Crippen molar-refractivity contribution in [1.29, 1.82) is 0 Å². The number of allylic oxidation sites excluding steroid dienone is 1. The molecule has 1 heterocycles. The Morgan fingerprint density at radius 2 is 2.09 bits per heavy atom. The van der Waals surface area contributed by atoms with Gasteiger partial charge in [-0.05, 0) is 12.5 Å². The molecule has 1 saturated heterocycles. The Morgan fingerprint density at radius 3 is 2.55 bits per heavy atom. The maximum Gasteiger partial charge on any atom is 0.165 e. The molecule has 1 aliphatic rings. The standard InChI is InChI=1S/C8H12O3/c1-6(2)7(9)5-8-10-3-4-11-8/h8H,1,3-5H2,2H3. The van der Waals surface area contributed by atoms with Crippen LogP contribution in [0.4, 0.5) is 0 Å². The molecular formula is C8H12O3. The van der Waals surface area contributed by atoms with E-state index in [4.69, 9.17) is 9.47 Å². The van der Waals surface area contributed by atoms with E-state index in [1.54, 1.807) is 6.92 Å². The number of carbonyl (C=O) groups excluding carboxylic acids is 1. The lowest BCUT2D eigenvalue weighted by molar-refractivity contribution is -0.123. The van der Waals surface area contributed by atoms with Crippen molar-refractivity contribution in [2.24, 2.45) is 0 Å². The largest absolute Gasteiger partial charge is 0.350 e. The molecule has 1 rings (SSSR count). The molecule has 11 heavy (non-hydrogen) atoms. The Morgan fingerprint density at radius 1 is 1.55 bits per heavy atom. The van der Waals surface area contributed by atoms with E-state index in [0.29, 0.717) is 25.2 Å². The van der Waals surface area contributed by atoms with Crippen LogP contribution in [-0.4, -0.2) is 25.3 Å². The minimum atomic E-state index is -0.334. The Labute approximate surface area is 66.0 Å². The molecule has 0 unspecified atom stereocenters. The molecule has 0 spiro atoms. The smallest absolute Gasteiger partial charge is 0.165 e. The van der Waals surface area contributed by atoms with Gasteiger partial charge in [-0.1, -0.05) is 6.58 Å². The van der Waals surface area contributed by atoms with Crippen molar-refractivity contribution in [1.82, 2.24) is 0 Å². The Hall–Kier alpha value is -0.670. The topological polar surface area (TPSA) is 35.5 Å². The van der Waals surface area contributed by atoms with Crippen molar-refractivity contribution >= 4 is 5.78 Å². The van der Waals surface area contributed by atoms with E-state index in [9.17, 15) is 4.79 Å². The maximum absolute atomic E-state index is 11.0. The van der Waals surface area contributed by atoms with Gasteiger partial charge in [0.05, 0.1) is 19.6 Å². The van der Waals surface area contributed by atoms with Crippen LogP contribution in [0.1, 0.15) is 13.3 Å². The van der Waals surface area contributed by atoms with Gasteiger partial charge in [0.1, 0.15) is 0 Å². The normalized spacial score (nSPS) is 18.6. The van der Waals surface area contributed by atoms with Gasteiger partial charge in [0.2, 0.25) is 0 Å². The fraction of sp³-hybridized carbons (Fsp3) is 0.625. The number of hydrogen-bond donors (Lipinski definition) is 0. The van der Waals surface area contributed by atoms with Gasteiger partial charge in [0, 0.05) is 0 Å². The van der Waals surface area contributed by atoms with Crippen LogP contribution >= 0.6 is 0 Å². The second-order valence-corrected chi connectivity index (χ2v) is 2.58. The van der Waals surface area contributed by atoms with E-state index in [-0.39, 0.29) is 12.1 Å². The van der Waals surface area contributed by atoms with Crippen molar-refractivity contribution in [3.63, 3.8) is 0 Å². The highest BCUT2D eigenvalue weighted by Crippen LogP contribution is 2.10. The molecule has 3 nitrogen and oxygen atoms in total. The second kappa shape index (κ2) is 3.64. The minimum absolute atomic E-state index is 0.0110. The molecule has 3 heteroatoms. The number of carbonyl (C=O) groups is 1. The molecule has 0 bridgehead atoms. The zero-order chi connectivity index (χ0) is 8.27. The Kier molecular flexibility index (Phi) is 2.79. The predicted molar refractivity (Wildman–Crippen MR) is 40.1 cm³/mol. The molecule has 0 aromatic carbocycles. The van der Waals surface area contributed by atoms with E-state index < -0.39 is 0 Å². The van der Waals surface area contributed by atoms with Gasteiger partial charge >= 0.3 is 0 Å². The van der Waals surface area contributed by atoms with Crippen molar-refractivity contribution in [3.8, 4) is 0 Å². The number of Topliss-reactive ketones (excluding diaryl/α,β-unsaturated/α-hetero) is 1.